The summed E-state index contributed by atoms with van der Waals surface area (Å²) in [7, 11) is 0. The molecule has 0 fully saturated rings. The predicted octanol–water partition coefficient (Wildman–Crippen LogP) is 4.60. The average molecular weight is 348 g/mol. The molecule has 3 aromatic rings. The molecule has 0 atom stereocenters. The first-order chi connectivity index (χ1) is 11.5. The second kappa shape index (κ2) is 6.76. The van der Waals surface area contributed by atoms with Crippen LogP contribution >= 0.6 is 11.6 Å². The Labute approximate surface area is 141 Å². The number of halogens is 3. The van der Waals surface area contributed by atoms with E-state index in [0.29, 0.717) is 16.5 Å². The fourth-order valence-electron chi connectivity index (χ4n) is 1.96. The highest BCUT2D eigenvalue weighted by atomic mass is 35.5. The second-order valence-corrected chi connectivity index (χ2v) is 5.38. The molecule has 0 aliphatic rings. The van der Waals surface area contributed by atoms with E-state index < -0.39 is 11.6 Å². The van der Waals surface area contributed by atoms with Crippen molar-refractivity contribution in [2.24, 2.45) is 0 Å². The molecule has 5 nitrogen and oxygen atoms in total. The highest BCUT2D eigenvalue weighted by molar-refractivity contribution is 6.31. The van der Waals surface area contributed by atoms with E-state index in [1.165, 1.54) is 12.3 Å². The van der Waals surface area contributed by atoms with Crippen LogP contribution in [0.1, 0.15) is 5.56 Å². The molecule has 0 aliphatic carbocycles. The van der Waals surface area contributed by atoms with E-state index in [1.807, 2.05) is 19.1 Å². The Morgan fingerprint density at radius 1 is 1.04 bits per heavy atom. The summed E-state index contributed by atoms with van der Waals surface area (Å²) >= 11 is 6.07. The highest BCUT2D eigenvalue weighted by Crippen LogP contribution is 2.24. The van der Waals surface area contributed by atoms with Crippen LogP contribution < -0.4 is 10.6 Å². The largest absolute Gasteiger partial charge is 0.339 e. The second-order valence-electron chi connectivity index (χ2n) is 4.98. The molecule has 0 bridgehead atoms. The van der Waals surface area contributed by atoms with Crippen molar-refractivity contribution in [2.45, 2.75) is 6.92 Å². The average Bonchev–Trinajstić information content (AvgIpc) is 2.55. The van der Waals surface area contributed by atoms with E-state index in [-0.39, 0.29) is 11.6 Å². The quantitative estimate of drug-likeness (QED) is 0.722. The molecule has 2 N–H and O–H groups in total. The molecule has 1 aromatic heterocycles. The van der Waals surface area contributed by atoms with Crippen LogP contribution in [0.2, 0.25) is 5.02 Å². The first-order valence-electron chi connectivity index (χ1n) is 6.97. The van der Waals surface area contributed by atoms with Gasteiger partial charge in [0.25, 0.3) is 0 Å². The first-order valence-corrected chi connectivity index (χ1v) is 7.34. The summed E-state index contributed by atoms with van der Waals surface area (Å²) in [5.41, 5.74) is 1.31. The number of para-hydroxylation sites is 1. The van der Waals surface area contributed by atoms with Gasteiger partial charge in [0.05, 0.1) is 6.20 Å². The van der Waals surface area contributed by atoms with Gasteiger partial charge in [-0.15, -0.1) is 5.10 Å². The lowest BCUT2D eigenvalue weighted by molar-refractivity contribution is 0.590. The molecule has 122 valence electrons. The zero-order chi connectivity index (χ0) is 17.1. The van der Waals surface area contributed by atoms with E-state index in [2.05, 4.69) is 25.8 Å². The molecule has 1 heterocycles. The minimum Gasteiger partial charge on any atom is -0.339 e. The zero-order valence-electron chi connectivity index (χ0n) is 12.5. The third kappa shape index (κ3) is 3.57. The smallest absolute Gasteiger partial charge is 0.249 e. The number of aromatic nitrogens is 3. The Bertz CT molecular complexity index is 868. The van der Waals surface area contributed by atoms with Crippen molar-refractivity contribution >= 4 is 34.7 Å². The summed E-state index contributed by atoms with van der Waals surface area (Å²) < 4.78 is 27.3. The lowest BCUT2D eigenvalue weighted by Gasteiger charge is -2.09. The van der Waals surface area contributed by atoms with Crippen LogP contribution in [0.15, 0.2) is 42.6 Å². The molecule has 0 unspecified atom stereocenters. The normalized spacial score (nSPS) is 10.5. The maximum Gasteiger partial charge on any atom is 0.249 e. The maximum atomic E-state index is 13.7. The zero-order valence-corrected chi connectivity index (χ0v) is 13.3. The van der Waals surface area contributed by atoms with E-state index >= 15 is 0 Å². The van der Waals surface area contributed by atoms with Crippen molar-refractivity contribution in [3.63, 3.8) is 0 Å². The van der Waals surface area contributed by atoms with E-state index in [0.717, 1.165) is 17.7 Å². The Hall–Kier alpha value is -2.80. The topological polar surface area (TPSA) is 62.7 Å². The minimum atomic E-state index is -0.748. The van der Waals surface area contributed by atoms with Crippen LogP contribution in [-0.4, -0.2) is 15.2 Å². The number of anilines is 4. The van der Waals surface area contributed by atoms with Crippen molar-refractivity contribution in [2.75, 3.05) is 10.6 Å². The van der Waals surface area contributed by atoms with Gasteiger partial charge in [-0.25, -0.2) is 8.78 Å². The molecule has 0 spiro atoms. The molecule has 2 aromatic carbocycles. The van der Waals surface area contributed by atoms with Gasteiger partial charge in [-0.1, -0.05) is 23.7 Å². The Morgan fingerprint density at radius 3 is 2.50 bits per heavy atom. The highest BCUT2D eigenvalue weighted by Gasteiger charge is 2.10. The molecular formula is C16H12ClF2N5. The molecule has 0 radical (unpaired) electrons. The Kier molecular flexibility index (Phi) is 4.52. The summed E-state index contributed by atoms with van der Waals surface area (Å²) in [5.74, 6) is -1.18. The lowest BCUT2D eigenvalue weighted by atomic mass is 10.2. The number of nitrogens with zero attached hydrogens (tertiary/aromatic N) is 3. The third-order valence-electron chi connectivity index (χ3n) is 3.20. The van der Waals surface area contributed by atoms with E-state index in [9.17, 15) is 8.78 Å². The van der Waals surface area contributed by atoms with Crippen LogP contribution in [-0.2, 0) is 0 Å². The number of rotatable bonds is 4. The van der Waals surface area contributed by atoms with Gasteiger partial charge in [-0.05, 0) is 36.8 Å². The Morgan fingerprint density at radius 2 is 1.79 bits per heavy atom. The maximum absolute atomic E-state index is 13.7. The number of hydrogen-bond acceptors (Lipinski definition) is 5. The molecule has 8 heteroatoms. The van der Waals surface area contributed by atoms with Crippen LogP contribution in [0.5, 0.6) is 0 Å². The predicted molar refractivity (Wildman–Crippen MR) is 88.9 cm³/mol. The van der Waals surface area contributed by atoms with Gasteiger partial charge in [0.2, 0.25) is 5.95 Å². The van der Waals surface area contributed by atoms with Crippen molar-refractivity contribution in [3.8, 4) is 0 Å². The summed E-state index contributed by atoms with van der Waals surface area (Å²) in [6.45, 7) is 1.89. The molecule has 24 heavy (non-hydrogen) atoms. The minimum absolute atomic E-state index is 0.0396. The molecule has 0 aliphatic heterocycles. The van der Waals surface area contributed by atoms with Crippen molar-refractivity contribution in [3.05, 3.63) is 64.8 Å². The SMILES string of the molecule is Cc1ccc(Nc2cnnc(Nc3c(F)cccc3F)n2)cc1Cl. The van der Waals surface area contributed by atoms with Crippen molar-refractivity contribution in [1.82, 2.24) is 15.2 Å². The Balaban J connectivity index is 1.82. The third-order valence-corrected chi connectivity index (χ3v) is 3.61. The van der Waals surface area contributed by atoms with Crippen LogP contribution in [0.3, 0.4) is 0 Å². The number of hydrogen-bond donors (Lipinski definition) is 2. The van der Waals surface area contributed by atoms with Gasteiger partial charge in [0.1, 0.15) is 17.3 Å². The molecule has 0 amide bonds. The van der Waals surface area contributed by atoms with Gasteiger partial charge in [-0.3, -0.25) is 0 Å². The van der Waals surface area contributed by atoms with Gasteiger partial charge < -0.3 is 10.6 Å². The molecule has 0 saturated carbocycles. The molecule has 0 saturated heterocycles. The first kappa shape index (κ1) is 16.1. The summed E-state index contributed by atoms with van der Waals surface area (Å²) in [6, 6.07) is 8.96. The van der Waals surface area contributed by atoms with Crippen LogP contribution in [0.4, 0.5) is 31.9 Å². The standard InChI is InChI=1S/C16H12ClF2N5/c1-9-5-6-10(7-11(9)17)21-14-8-20-24-16(22-14)23-15-12(18)3-2-4-13(15)19/h2-8H,1H3,(H2,21,22,23,24). The number of aryl methyl sites for hydroxylation is 1. The number of nitrogens with one attached hydrogen (secondary N) is 2. The fourth-order valence-corrected chi connectivity index (χ4v) is 2.14. The lowest BCUT2D eigenvalue weighted by Crippen LogP contribution is -2.04. The summed E-state index contributed by atoms with van der Waals surface area (Å²) in [6.07, 6.45) is 1.39. The van der Waals surface area contributed by atoms with E-state index in [1.54, 1.807) is 6.07 Å². The summed E-state index contributed by atoms with van der Waals surface area (Å²) in [4.78, 5) is 4.13. The van der Waals surface area contributed by atoms with Crippen LogP contribution in [0.25, 0.3) is 0 Å². The van der Waals surface area contributed by atoms with Gasteiger partial charge >= 0.3 is 0 Å². The number of benzene rings is 2. The monoisotopic (exact) mass is 347 g/mol. The van der Waals surface area contributed by atoms with Crippen LogP contribution in [0, 0.1) is 18.6 Å². The van der Waals surface area contributed by atoms with Crippen molar-refractivity contribution < 1.29 is 8.78 Å². The fraction of sp³-hybridized carbons (Fsp3) is 0.0625. The van der Waals surface area contributed by atoms with Gasteiger partial charge in [0.15, 0.2) is 5.82 Å². The molecular weight excluding hydrogens is 336 g/mol. The van der Waals surface area contributed by atoms with E-state index in [4.69, 9.17) is 11.6 Å². The summed E-state index contributed by atoms with van der Waals surface area (Å²) in [5, 5.41) is 13.6. The molecule has 3 rings (SSSR count). The van der Waals surface area contributed by atoms with Gasteiger partial charge in [-0.2, -0.15) is 10.1 Å². The van der Waals surface area contributed by atoms with Gasteiger partial charge in [0, 0.05) is 10.7 Å². The van der Waals surface area contributed by atoms with Crippen molar-refractivity contribution in [1.29, 1.82) is 0 Å².